The lowest BCUT2D eigenvalue weighted by Gasteiger charge is -2.29. The van der Waals surface area contributed by atoms with E-state index in [4.69, 9.17) is 4.74 Å². The lowest BCUT2D eigenvalue weighted by atomic mass is 9.86. The number of ether oxygens (including phenoxy) is 1. The van der Waals surface area contributed by atoms with Gasteiger partial charge in [-0.15, -0.1) is 11.3 Å². The SMILES string of the molecule is CCCCOc1ccc(NC(=O)CSC2=C(C#N)C(c3cccs3)C(C(=O)Nc3ccccc3)=C(C)N2)cc1. The van der Waals surface area contributed by atoms with E-state index in [2.05, 4.69) is 28.9 Å². The quantitative estimate of drug-likeness (QED) is 0.228. The van der Waals surface area contributed by atoms with E-state index in [0.29, 0.717) is 39.9 Å². The van der Waals surface area contributed by atoms with Crippen LogP contribution in [-0.2, 0) is 9.59 Å². The number of unbranched alkanes of at least 4 members (excludes halogenated alkanes) is 1. The molecule has 0 fully saturated rings. The van der Waals surface area contributed by atoms with Gasteiger partial charge in [-0.25, -0.2) is 0 Å². The lowest BCUT2D eigenvalue weighted by molar-refractivity contribution is -0.114. The van der Waals surface area contributed by atoms with E-state index in [-0.39, 0.29) is 17.6 Å². The second-order valence-corrected chi connectivity index (χ2v) is 10.8. The van der Waals surface area contributed by atoms with Crippen LogP contribution in [-0.4, -0.2) is 24.2 Å². The number of carbonyl (C=O) groups is 2. The highest BCUT2D eigenvalue weighted by Gasteiger charge is 2.35. The number of rotatable bonds is 11. The maximum atomic E-state index is 13.4. The van der Waals surface area contributed by atoms with E-state index >= 15 is 0 Å². The molecule has 1 unspecified atom stereocenters. The van der Waals surface area contributed by atoms with Gasteiger partial charge in [-0.05, 0) is 61.2 Å². The maximum absolute atomic E-state index is 13.4. The smallest absolute Gasteiger partial charge is 0.254 e. The highest BCUT2D eigenvalue weighted by molar-refractivity contribution is 8.03. The Kier molecular flexibility index (Phi) is 9.84. The van der Waals surface area contributed by atoms with E-state index in [1.807, 2.05) is 66.9 Å². The molecule has 0 radical (unpaired) electrons. The zero-order chi connectivity index (χ0) is 27.6. The largest absolute Gasteiger partial charge is 0.494 e. The van der Waals surface area contributed by atoms with Crippen LogP contribution >= 0.6 is 23.1 Å². The molecule has 0 saturated heterocycles. The number of allylic oxidation sites excluding steroid dienone is 2. The van der Waals surface area contributed by atoms with Crippen LogP contribution < -0.4 is 20.7 Å². The second kappa shape index (κ2) is 13.7. The minimum atomic E-state index is -0.536. The average molecular weight is 559 g/mol. The molecule has 9 heteroatoms. The average Bonchev–Trinajstić information content (AvgIpc) is 3.48. The molecule has 1 aliphatic heterocycles. The molecule has 0 spiro atoms. The molecule has 3 aromatic rings. The Morgan fingerprint density at radius 1 is 1.05 bits per heavy atom. The van der Waals surface area contributed by atoms with Crippen LogP contribution in [0.25, 0.3) is 0 Å². The summed E-state index contributed by atoms with van der Waals surface area (Å²) in [5, 5.41) is 21.7. The van der Waals surface area contributed by atoms with Gasteiger partial charge in [0.25, 0.3) is 5.91 Å². The van der Waals surface area contributed by atoms with Gasteiger partial charge in [0.1, 0.15) is 5.75 Å². The Morgan fingerprint density at radius 2 is 1.79 bits per heavy atom. The van der Waals surface area contributed by atoms with Crippen LogP contribution in [0.1, 0.15) is 37.5 Å². The molecule has 39 heavy (non-hydrogen) atoms. The monoisotopic (exact) mass is 558 g/mol. The number of hydrogen-bond donors (Lipinski definition) is 3. The molecular weight excluding hydrogens is 528 g/mol. The molecule has 0 bridgehead atoms. The zero-order valence-corrected chi connectivity index (χ0v) is 23.5. The number of nitrogens with one attached hydrogen (secondary N) is 3. The number of dihydropyridines is 1. The first-order chi connectivity index (χ1) is 19.0. The Bertz CT molecular complexity index is 1390. The van der Waals surface area contributed by atoms with Crippen LogP contribution in [0.15, 0.2) is 94.0 Å². The number of nitriles is 1. The van der Waals surface area contributed by atoms with Crippen molar-refractivity contribution in [2.75, 3.05) is 23.0 Å². The van der Waals surface area contributed by atoms with Gasteiger partial charge in [-0.1, -0.05) is 49.4 Å². The Morgan fingerprint density at radius 3 is 2.46 bits per heavy atom. The van der Waals surface area contributed by atoms with Crippen molar-refractivity contribution in [2.24, 2.45) is 0 Å². The highest BCUT2D eigenvalue weighted by Crippen LogP contribution is 2.42. The third kappa shape index (κ3) is 7.31. The Balaban J connectivity index is 1.47. The number of benzene rings is 2. The van der Waals surface area contributed by atoms with Crippen LogP contribution in [0.5, 0.6) is 5.75 Å². The van der Waals surface area contributed by atoms with E-state index < -0.39 is 5.92 Å². The number of para-hydroxylation sites is 1. The third-order valence-electron chi connectivity index (χ3n) is 6.00. The van der Waals surface area contributed by atoms with Gasteiger partial charge < -0.3 is 20.7 Å². The van der Waals surface area contributed by atoms with Crippen molar-refractivity contribution in [1.82, 2.24) is 5.32 Å². The first-order valence-electron chi connectivity index (χ1n) is 12.7. The maximum Gasteiger partial charge on any atom is 0.254 e. The first kappa shape index (κ1) is 28.0. The van der Waals surface area contributed by atoms with Crippen LogP contribution in [0.3, 0.4) is 0 Å². The van der Waals surface area contributed by atoms with Gasteiger partial charge in [-0.2, -0.15) is 5.26 Å². The number of amides is 2. The van der Waals surface area contributed by atoms with Crippen molar-refractivity contribution in [3.8, 4) is 11.8 Å². The molecule has 4 rings (SSSR count). The van der Waals surface area contributed by atoms with Crippen molar-refractivity contribution in [3.63, 3.8) is 0 Å². The summed E-state index contributed by atoms with van der Waals surface area (Å²) in [5.41, 5.74) is 2.87. The van der Waals surface area contributed by atoms with Gasteiger partial charge >= 0.3 is 0 Å². The summed E-state index contributed by atoms with van der Waals surface area (Å²) in [7, 11) is 0. The van der Waals surface area contributed by atoms with Gasteiger partial charge in [0, 0.05) is 27.5 Å². The van der Waals surface area contributed by atoms with Crippen molar-refractivity contribution in [2.45, 2.75) is 32.6 Å². The van der Waals surface area contributed by atoms with Crippen molar-refractivity contribution < 1.29 is 14.3 Å². The summed E-state index contributed by atoms with van der Waals surface area (Å²) in [4.78, 5) is 27.0. The summed E-state index contributed by atoms with van der Waals surface area (Å²) in [6.07, 6.45) is 2.06. The van der Waals surface area contributed by atoms with Crippen molar-refractivity contribution >= 4 is 46.3 Å². The number of thiophene rings is 1. The van der Waals surface area contributed by atoms with Crippen molar-refractivity contribution in [1.29, 1.82) is 5.26 Å². The molecule has 0 saturated carbocycles. The van der Waals surface area contributed by atoms with E-state index in [1.165, 1.54) is 23.1 Å². The molecule has 200 valence electrons. The molecule has 0 aliphatic carbocycles. The minimum Gasteiger partial charge on any atom is -0.494 e. The third-order valence-corrected chi connectivity index (χ3v) is 7.96. The van der Waals surface area contributed by atoms with Gasteiger partial charge in [0.15, 0.2) is 0 Å². The van der Waals surface area contributed by atoms with E-state index in [9.17, 15) is 14.9 Å². The molecule has 2 amide bonds. The fraction of sp³-hybridized carbons (Fsp3) is 0.233. The van der Waals surface area contributed by atoms with E-state index in [0.717, 1.165) is 23.5 Å². The number of thioether (sulfide) groups is 1. The summed E-state index contributed by atoms with van der Waals surface area (Å²) in [5.74, 6) is -0.154. The van der Waals surface area contributed by atoms with Gasteiger partial charge in [0.2, 0.25) is 5.91 Å². The molecular formula is C30H30N4O3S2. The predicted octanol–water partition coefficient (Wildman–Crippen LogP) is 6.63. The van der Waals surface area contributed by atoms with Crippen LogP contribution in [0.4, 0.5) is 11.4 Å². The molecule has 1 atom stereocenters. The van der Waals surface area contributed by atoms with Crippen LogP contribution in [0.2, 0.25) is 0 Å². The molecule has 7 nitrogen and oxygen atoms in total. The summed E-state index contributed by atoms with van der Waals surface area (Å²) < 4.78 is 5.67. The zero-order valence-electron chi connectivity index (χ0n) is 21.8. The molecule has 1 aromatic heterocycles. The number of hydrogen-bond acceptors (Lipinski definition) is 7. The van der Waals surface area contributed by atoms with Crippen LogP contribution in [0, 0.1) is 11.3 Å². The van der Waals surface area contributed by atoms with E-state index in [1.54, 1.807) is 12.1 Å². The highest BCUT2D eigenvalue weighted by atomic mass is 32.2. The normalized spacial score (nSPS) is 14.8. The van der Waals surface area contributed by atoms with Gasteiger partial charge in [0.05, 0.1) is 34.9 Å². The molecule has 1 aliphatic rings. The number of anilines is 2. The molecule has 2 aromatic carbocycles. The Hall–Kier alpha value is -4.00. The van der Waals surface area contributed by atoms with Gasteiger partial charge in [-0.3, -0.25) is 9.59 Å². The summed E-state index contributed by atoms with van der Waals surface area (Å²) in [6.45, 7) is 4.59. The fourth-order valence-corrected chi connectivity index (χ4v) is 5.83. The Labute approximate surface area is 237 Å². The molecule has 2 heterocycles. The molecule has 3 N–H and O–H groups in total. The second-order valence-electron chi connectivity index (χ2n) is 8.85. The minimum absolute atomic E-state index is 0.0955. The standard InChI is InChI=1S/C30H30N4O3S2/c1-3-4-16-37-23-14-12-22(13-15-23)33-26(35)19-39-30-24(18-31)28(25-11-8-17-38-25)27(20(2)32-30)29(36)34-21-9-6-5-7-10-21/h5-15,17,28,32H,3-4,16,19H2,1-2H3,(H,33,35)(H,34,36). The van der Waals surface area contributed by atoms with Crippen molar-refractivity contribution in [3.05, 3.63) is 98.9 Å². The first-order valence-corrected chi connectivity index (χ1v) is 14.5. The topological polar surface area (TPSA) is 103 Å². The predicted molar refractivity (Wildman–Crippen MR) is 159 cm³/mol. The lowest BCUT2D eigenvalue weighted by Crippen LogP contribution is -2.30. The number of carbonyl (C=O) groups excluding carboxylic acids is 2. The fourth-order valence-electron chi connectivity index (χ4n) is 4.09. The summed E-state index contributed by atoms with van der Waals surface area (Å²) in [6, 6.07) is 22.6. The number of nitrogens with zero attached hydrogens (tertiary/aromatic N) is 1. The summed E-state index contributed by atoms with van der Waals surface area (Å²) >= 11 is 2.73.